The highest BCUT2D eigenvalue weighted by Crippen LogP contribution is 2.41. The van der Waals surface area contributed by atoms with Gasteiger partial charge in [-0.05, 0) is 43.4 Å². The first-order valence-electron chi connectivity index (χ1n) is 9.87. The average molecular weight is 564 g/mol. The summed E-state index contributed by atoms with van der Waals surface area (Å²) < 4.78 is 6.01. The topological polar surface area (TPSA) is 53.9 Å². The highest BCUT2D eigenvalue weighted by molar-refractivity contribution is 14.0. The zero-order chi connectivity index (χ0) is 19.3. The minimum absolute atomic E-state index is 0. The number of nitrogens with zero attached hydrogens (tertiary/aromatic N) is 2. The van der Waals surface area contributed by atoms with Gasteiger partial charge in [0.25, 0.3) is 0 Å². The molecule has 28 heavy (non-hydrogen) atoms. The highest BCUT2D eigenvalue weighted by Gasteiger charge is 2.36. The van der Waals surface area contributed by atoms with Crippen molar-refractivity contribution in [1.82, 2.24) is 10.2 Å². The molecule has 1 aliphatic carbocycles. The van der Waals surface area contributed by atoms with Gasteiger partial charge < -0.3 is 15.0 Å². The average Bonchev–Trinajstić information content (AvgIpc) is 3.19. The summed E-state index contributed by atoms with van der Waals surface area (Å²) in [6, 6.07) is 8.78. The number of esters is 1. The number of hydrogen-bond donors (Lipinski definition) is 1. The number of methoxy groups -OCH3 is 1. The predicted molar refractivity (Wildman–Crippen MR) is 127 cm³/mol. The molecule has 1 saturated heterocycles. The van der Waals surface area contributed by atoms with Crippen LogP contribution in [0.4, 0.5) is 0 Å². The van der Waals surface area contributed by atoms with E-state index in [4.69, 9.17) is 4.74 Å². The van der Waals surface area contributed by atoms with E-state index in [1.54, 1.807) is 0 Å². The van der Waals surface area contributed by atoms with Gasteiger partial charge in [0.15, 0.2) is 5.96 Å². The number of piperidine rings is 1. The molecule has 0 unspecified atom stereocenters. The predicted octanol–water partition coefficient (Wildman–Crippen LogP) is 4.34. The first kappa shape index (κ1) is 23.4. The number of halogens is 2. The third-order valence-electron chi connectivity index (χ3n) is 6.14. The van der Waals surface area contributed by atoms with E-state index in [2.05, 4.69) is 55.4 Å². The molecule has 1 saturated carbocycles. The number of aliphatic imine (C=N–C) groups is 1. The van der Waals surface area contributed by atoms with Crippen LogP contribution in [0.3, 0.4) is 0 Å². The zero-order valence-electron chi connectivity index (χ0n) is 16.7. The smallest absolute Gasteiger partial charge is 0.308 e. The molecular formula is C21H31BrIN3O2. The number of likely N-dealkylation sites (tertiary alicyclic amines) is 1. The molecule has 1 aromatic rings. The first-order chi connectivity index (χ1) is 13.1. The van der Waals surface area contributed by atoms with Gasteiger partial charge >= 0.3 is 5.97 Å². The molecule has 156 valence electrons. The fraction of sp³-hybridized carbons (Fsp3) is 0.619. The maximum atomic E-state index is 11.7. The van der Waals surface area contributed by atoms with Crippen LogP contribution in [0.25, 0.3) is 0 Å². The molecule has 7 heteroatoms. The Morgan fingerprint density at radius 1 is 1.25 bits per heavy atom. The zero-order valence-corrected chi connectivity index (χ0v) is 20.7. The van der Waals surface area contributed by atoms with E-state index in [-0.39, 0.29) is 41.3 Å². The number of carbonyl (C=O) groups excluding carboxylic acids is 1. The molecule has 0 amide bonds. The molecule has 0 bridgehead atoms. The Morgan fingerprint density at radius 3 is 2.39 bits per heavy atom. The van der Waals surface area contributed by atoms with Gasteiger partial charge in [-0.15, -0.1) is 24.0 Å². The quantitative estimate of drug-likeness (QED) is 0.256. The summed E-state index contributed by atoms with van der Waals surface area (Å²) in [5.41, 5.74) is 1.59. The summed E-state index contributed by atoms with van der Waals surface area (Å²) in [7, 11) is 3.31. The van der Waals surface area contributed by atoms with Crippen molar-refractivity contribution in [3.63, 3.8) is 0 Å². The van der Waals surface area contributed by atoms with E-state index in [9.17, 15) is 4.79 Å². The molecule has 0 spiro atoms. The summed E-state index contributed by atoms with van der Waals surface area (Å²) in [6.07, 6.45) is 6.63. The first-order valence-corrected chi connectivity index (χ1v) is 10.7. The second-order valence-electron chi connectivity index (χ2n) is 7.68. The van der Waals surface area contributed by atoms with Gasteiger partial charge in [-0.2, -0.15) is 0 Å². The number of hydrogen-bond acceptors (Lipinski definition) is 3. The number of benzene rings is 1. The van der Waals surface area contributed by atoms with Crippen LogP contribution < -0.4 is 5.32 Å². The fourth-order valence-electron chi connectivity index (χ4n) is 4.50. The van der Waals surface area contributed by atoms with Crippen molar-refractivity contribution in [3.05, 3.63) is 34.3 Å². The number of guanidine groups is 1. The van der Waals surface area contributed by atoms with Crippen molar-refractivity contribution in [1.29, 1.82) is 0 Å². The van der Waals surface area contributed by atoms with Crippen LogP contribution in [0, 0.1) is 5.92 Å². The SMILES string of the molecule is CN=C(NCC1(c2ccc(Br)cc2)CCCC1)N1CCC(C(=O)OC)CC1.I. The Morgan fingerprint density at radius 2 is 1.86 bits per heavy atom. The van der Waals surface area contributed by atoms with Gasteiger partial charge in [-0.25, -0.2) is 0 Å². The van der Waals surface area contributed by atoms with Crippen LogP contribution in [0.1, 0.15) is 44.1 Å². The lowest BCUT2D eigenvalue weighted by Gasteiger charge is -2.36. The standard InChI is InChI=1S/C21H30BrN3O2.HI/c1-23-20(25-13-9-16(10-14-25)19(26)27-2)24-15-21(11-3-4-12-21)17-5-7-18(22)8-6-17;/h5-8,16H,3-4,9-15H2,1-2H3,(H,23,24);1H. The molecule has 0 aromatic heterocycles. The Kier molecular flexibility index (Phi) is 9.05. The molecule has 1 aliphatic heterocycles. The largest absolute Gasteiger partial charge is 0.469 e. The molecule has 0 atom stereocenters. The molecule has 0 radical (unpaired) electrons. The molecule has 2 fully saturated rings. The number of ether oxygens (including phenoxy) is 1. The van der Waals surface area contributed by atoms with Gasteiger partial charge in [0.05, 0.1) is 13.0 Å². The lowest BCUT2D eigenvalue weighted by Crippen LogP contribution is -2.49. The van der Waals surface area contributed by atoms with E-state index in [0.29, 0.717) is 0 Å². The minimum atomic E-state index is -0.0854. The second kappa shape index (κ2) is 10.8. The van der Waals surface area contributed by atoms with Gasteiger partial charge in [0.2, 0.25) is 0 Å². The van der Waals surface area contributed by atoms with E-state index < -0.39 is 0 Å². The van der Waals surface area contributed by atoms with Gasteiger partial charge in [0.1, 0.15) is 0 Å². The monoisotopic (exact) mass is 563 g/mol. The van der Waals surface area contributed by atoms with E-state index in [1.165, 1.54) is 38.4 Å². The number of carbonyl (C=O) groups is 1. The molecule has 3 rings (SSSR count). The summed E-state index contributed by atoms with van der Waals surface area (Å²) in [5, 5.41) is 3.64. The fourth-order valence-corrected chi connectivity index (χ4v) is 4.76. The van der Waals surface area contributed by atoms with Gasteiger partial charge in [0, 0.05) is 36.6 Å². The third-order valence-corrected chi connectivity index (χ3v) is 6.67. The van der Waals surface area contributed by atoms with Crippen molar-refractivity contribution >= 4 is 51.8 Å². The third kappa shape index (κ3) is 5.40. The highest BCUT2D eigenvalue weighted by atomic mass is 127. The molecule has 2 aliphatic rings. The maximum absolute atomic E-state index is 11.7. The van der Waals surface area contributed by atoms with E-state index in [1.807, 2.05) is 7.05 Å². The van der Waals surface area contributed by atoms with Crippen molar-refractivity contribution in [2.24, 2.45) is 10.9 Å². The molecule has 1 heterocycles. The lowest BCUT2D eigenvalue weighted by atomic mass is 9.79. The molecule has 1 N–H and O–H groups in total. The molecule has 5 nitrogen and oxygen atoms in total. The van der Waals surface area contributed by atoms with Crippen LogP contribution >= 0.6 is 39.9 Å². The Balaban J connectivity index is 0.00000280. The maximum Gasteiger partial charge on any atom is 0.308 e. The van der Waals surface area contributed by atoms with Crippen LogP contribution in [0.5, 0.6) is 0 Å². The lowest BCUT2D eigenvalue weighted by molar-refractivity contribution is -0.146. The summed E-state index contributed by atoms with van der Waals surface area (Å²) in [6.45, 7) is 2.58. The molecular weight excluding hydrogens is 533 g/mol. The van der Waals surface area contributed by atoms with Gasteiger partial charge in [-0.3, -0.25) is 9.79 Å². The van der Waals surface area contributed by atoms with Crippen molar-refractivity contribution in [3.8, 4) is 0 Å². The Bertz CT molecular complexity index is 667. The molecule has 1 aromatic carbocycles. The minimum Gasteiger partial charge on any atom is -0.469 e. The van der Waals surface area contributed by atoms with Gasteiger partial charge in [-0.1, -0.05) is 40.9 Å². The van der Waals surface area contributed by atoms with Crippen molar-refractivity contribution in [2.45, 2.75) is 43.9 Å². The van der Waals surface area contributed by atoms with Crippen LogP contribution in [0.15, 0.2) is 33.7 Å². The second-order valence-corrected chi connectivity index (χ2v) is 8.60. The normalized spacial score (nSPS) is 19.8. The number of nitrogens with one attached hydrogen (secondary N) is 1. The Labute approximate surface area is 193 Å². The van der Waals surface area contributed by atoms with Crippen LogP contribution in [-0.2, 0) is 14.9 Å². The summed E-state index contributed by atoms with van der Waals surface area (Å²) in [4.78, 5) is 18.5. The van der Waals surface area contributed by atoms with E-state index >= 15 is 0 Å². The van der Waals surface area contributed by atoms with Crippen molar-refractivity contribution in [2.75, 3.05) is 33.8 Å². The van der Waals surface area contributed by atoms with E-state index in [0.717, 1.165) is 42.9 Å². The summed E-state index contributed by atoms with van der Waals surface area (Å²) in [5.74, 6) is 0.882. The Hall–Kier alpha value is -0.830. The summed E-state index contributed by atoms with van der Waals surface area (Å²) >= 11 is 3.54. The van der Waals surface area contributed by atoms with Crippen LogP contribution in [0.2, 0.25) is 0 Å². The van der Waals surface area contributed by atoms with Crippen LogP contribution in [-0.4, -0.2) is 50.6 Å². The number of rotatable bonds is 4. The van der Waals surface area contributed by atoms with Crippen molar-refractivity contribution < 1.29 is 9.53 Å².